The van der Waals surface area contributed by atoms with Crippen molar-refractivity contribution >= 4 is 40.5 Å². The highest BCUT2D eigenvalue weighted by Crippen LogP contribution is 2.28. The minimum absolute atomic E-state index is 0.107. The van der Waals surface area contributed by atoms with Gasteiger partial charge in [-0.1, -0.05) is 6.07 Å². The van der Waals surface area contributed by atoms with E-state index >= 15 is 0 Å². The molecule has 0 saturated heterocycles. The smallest absolute Gasteiger partial charge is 0.311 e. The fraction of sp³-hybridized carbons (Fsp3) is 0. The molecule has 2 aromatic heterocycles. The van der Waals surface area contributed by atoms with Gasteiger partial charge >= 0.3 is 5.69 Å². The number of anilines is 3. The number of nitrogens with one attached hydrogen (secondary N) is 2. The van der Waals surface area contributed by atoms with Gasteiger partial charge in [0.15, 0.2) is 11.6 Å². The molecule has 0 saturated carbocycles. The molecule has 4 aromatic rings. The number of aromatic nitrogens is 4. The molecule has 2 aromatic carbocycles. The van der Waals surface area contributed by atoms with Crippen molar-refractivity contribution in [2.24, 2.45) is 5.10 Å². The number of nitro benzene ring substituents is 1. The Balaban J connectivity index is 1.63. The number of nitro groups is 1. The van der Waals surface area contributed by atoms with E-state index in [1.165, 1.54) is 48.7 Å². The highest BCUT2D eigenvalue weighted by molar-refractivity contribution is 5.86. The van der Waals surface area contributed by atoms with Crippen LogP contribution >= 0.6 is 0 Å². The molecule has 0 aliphatic rings. The fourth-order valence-corrected chi connectivity index (χ4v) is 2.44. The molecule has 150 valence electrons. The van der Waals surface area contributed by atoms with Crippen LogP contribution in [0.15, 0.2) is 52.2 Å². The van der Waals surface area contributed by atoms with Gasteiger partial charge in [0.05, 0.1) is 11.1 Å². The van der Waals surface area contributed by atoms with Crippen LogP contribution in [0.3, 0.4) is 0 Å². The maximum absolute atomic E-state index is 13.1. The first-order valence-electron chi connectivity index (χ1n) is 8.29. The Morgan fingerprint density at radius 1 is 1.10 bits per heavy atom. The normalized spacial score (nSPS) is 11.1. The molecule has 30 heavy (non-hydrogen) atoms. The van der Waals surface area contributed by atoms with E-state index in [1.807, 2.05) is 0 Å². The third-order valence-electron chi connectivity index (χ3n) is 3.84. The van der Waals surface area contributed by atoms with Gasteiger partial charge in [-0.15, -0.1) is 0 Å². The molecule has 0 aliphatic heterocycles. The van der Waals surface area contributed by atoms with Gasteiger partial charge < -0.3 is 10.4 Å². The van der Waals surface area contributed by atoms with Gasteiger partial charge in [0, 0.05) is 17.3 Å². The first-order valence-corrected chi connectivity index (χ1v) is 8.29. The molecule has 0 aliphatic carbocycles. The summed E-state index contributed by atoms with van der Waals surface area (Å²) in [6.45, 7) is 0. The topological polar surface area (TPSA) is 164 Å². The average Bonchev–Trinajstić information content (AvgIpc) is 3.18. The molecule has 0 amide bonds. The van der Waals surface area contributed by atoms with Crippen LogP contribution in [0.5, 0.6) is 5.75 Å². The van der Waals surface area contributed by atoms with Gasteiger partial charge in [-0.05, 0) is 40.6 Å². The van der Waals surface area contributed by atoms with Gasteiger partial charge in [0.2, 0.25) is 17.0 Å². The van der Waals surface area contributed by atoms with Crippen LogP contribution in [0, 0.1) is 15.9 Å². The zero-order valence-electron chi connectivity index (χ0n) is 14.9. The zero-order chi connectivity index (χ0) is 21.1. The predicted molar refractivity (Wildman–Crippen MR) is 103 cm³/mol. The molecule has 12 nitrogen and oxygen atoms in total. The quantitative estimate of drug-likeness (QED) is 0.244. The molecule has 0 unspecified atom stereocenters. The average molecular weight is 410 g/mol. The number of benzene rings is 2. The Morgan fingerprint density at radius 2 is 1.80 bits per heavy atom. The minimum atomic E-state index is -0.707. The number of para-hydroxylation sites is 1. The lowest BCUT2D eigenvalue weighted by atomic mass is 10.2. The Labute approximate surface area is 166 Å². The number of hydrazone groups is 1. The first-order chi connectivity index (χ1) is 14.5. The van der Waals surface area contributed by atoms with Crippen LogP contribution in [-0.2, 0) is 0 Å². The van der Waals surface area contributed by atoms with E-state index in [0.717, 1.165) is 0 Å². The van der Waals surface area contributed by atoms with E-state index < -0.39 is 22.2 Å². The summed E-state index contributed by atoms with van der Waals surface area (Å²) >= 11 is 0. The van der Waals surface area contributed by atoms with E-state index in [-0.39, 0.29) is 28.5 Å². The van der Waals surface area contributed by atoms with Gasteiger partial charge in [-0.2, -0.15) is 10.1 Å². The number of halogens is 1. The molecule has 4 rings (SSSR count). The lowest BCUT2D eigenvalue weighted by molar-refractivity contribution is -0.385. The van der Waals surface area contributed by atoms with Crippen LogP contribution in [-0.4, -0.2) is 36.5 Å². The summed E-state index contributed by atoms with van der Waals surface area (Å²) in [6, 6.07) is 9.55. The summed E-state index contributed by atoms with van der Waals surface area (Å²) in [7, 11) is 0. The number of aromatic hydroxyl groups is 1. The minimum Gasteiger partial charge on any atom is -0.502 e. The van der Waals surface area contributed by atoms with Crippen molar-refractivity contribution in [3.63, 3.8) is 0 Å². The molecular formula is C17H11FN8O4. The Bertz CT molecular complexity index is 1260. The highest BCUT2D eigenvalue weighted by atomic mass is 19.1. The lowest BCUT2D eigenvalue weighted by Gasteiger charge is -2.09. The maximum Gasteiger partial charge on any atom is 0.311 e. The van der Waals surface area contributed by atoms with Gasteiger partial charge in [-0.25, -0.2) is 14.0 Å². The number of rotatable bonds is 6. The molecular weight excluding hydrogens is 399 g/mol. The monoisotopic (exact) mass is 410 g/mol. The molecule has 13 heteroatoms. The van der Waals surface area contributed by atoms with Crippen molar-refractivity contribution < 1.29 is 19.0 Å². The fourth-order valence-electron chi connectivity index (χ4n) is 2.44. The van der Waals surface area contributed by atoms with Crippen LogP contribution < -0.4 is 10.7 Å². The maximum atomic E-state index is 13.1. The first kappa shape index (κ1) is 18.7. The van der Waals surface area contributed by atoms with E-state index in [9.17, 15) is 19.6 Å². The molecule has 0 atom stereocenters. The number of hydrogen-bond donors (Lipinski definition) is 3. The van der Waals surface area contributed by atoms with Crippen LogP contribution in [0.1, 0.15) is 5.56 Å². The van der Waals surface area contributed by atoms with E-state index in [2.05, 4.69) is 40.8 Å². The number of nitrogens with zero attached hydrogens (tertiary/aromatic N) is 6. The van der Waals surface area contributed by atoms with Crippen LogP contribution in [0.4, 0.5) is 27.4 Å². The van der Waals surface area contributed by atoms with Gasteiger partial charge in [0.25, 0.3) is 0 Å². The van der Waals surface area contributed by atoms with E-state index in [1.54, 1.807) is 0 Å². The summed E-state index contributed by atoms with van der Waals surface area (Å²) in [4.78, 5) is 18.6. The zero-order valence-corrected chi connectivity index (χ0v) is 14.9. The number of hydrogen-bond acceptors (Lipinski definition) is 11. The van der Waals surface area contributed by atoms with Crippen molar-refractivity contribution in [1.29, 1.82) is 0 Å². The second-order valence-electron chi connectivity index (χ2n) is 5.81. The summed E-state index contributed by atoms with van der Waals surface area (Å²) in [5.41, 5.74) is 3.04. The van der Waals surface area contributed by atoms with Crippen LogP contribution in [0.2, 0.25) is 0 Å². The molecule has 0 fully saturated rings. The number of phenols is 1. The van der Waals surface area contributed by atoms with Crippen molar-refractivity contribution in [3.8, 4) is 5.75 Å². The van der Waals surface area contributed by atoms with Crippen LogP contribution in [0.25, 0.3) is 11.3 Å². The Morgan fingerprint density at radius 3 is 2.50 bits per heavy atom. The SMILES string of the molecule is O=[N+]([O-])c1cccc(/C=N/Nc2nc3nonc3nc2Nc2ccc(F)cc2)c1O. The second-order valence-corrected chi connectivity index (χ2v) is 5.81. The third kappa shape index (κ3) is 3.80. The third-order valence-corrected chi connectivity index (χ3v) is 3.84. The second kappa shape index (κ2) is 7.75. The molecule has 2 heterocycles. The van der Waals surface area contributed by atoms with E-state index in [0.29, 0.717) is 5.69 Å². The summed E-state index contributed by atoms with van der Waals surface area (Å²) in [5, 5.41) is 35.0. The lowest BCUT2D eigenvalue weighted by Crippen LogP contribution is -2.03. The van der Waals surface area contributed by atoms with Crippen molar-refractivity contribution in [1.82, 2.24) is 20.3 Å². The molecule has 0 radical (unpaired) electrons. The molecule has 3 N–H and O–H groups in total. The summed E-state index contributed by atoms with van der Waals surface area (Å²) in [5.74, 6) is -0.628. The van der Waals surface area contributed by atoms with Gasteiger partial charge in [-0.3, -0.25) is 15.5 Å². The Hall–Kier alpha value is -4.68. The van der Waals surface area contributed by atoms with Crippen molar-refractivity contribution in [2.75, 3.05) is 10.7 Å². The molecule has 0 spiro atoms. The summed E-state index contributed by atoms with van der Waals surface area (Å²) in [6.07, 6.45) is 1.18. The standard InChI is InChI=1S/C17H11FN8O4/c18-10-4-6-11(7-5-10)20-14-15(22-17-16(21-14)24-30-25-17)23-19-8-9-2-1-3-12(13(9)27)26(28)29/h1-8,27H,(H,20,21,24)(H,22,23,25)/b19-8+. The van der Waals surface area contributed by atoms with Gasteiger partial charge in [0.1, 0.15) is 5.82 Å². The van der Waals surface area contributed by atoms with Crippen molar-refractivity contribution in [2.45, 2.75) is 0 Å². The van der Waals surface area contributed by atoms with E-state index in [4.69, 9.17) is 0 Å². The summed E-state index contributed by atoms with van der Waals surface area (Å²) < 4.78 is 17.7. The largest absolute Gasteiger partial charge is 0.502 e. The number of fused-ring (bicyclic) bond motifs is 1. The predicted octanol–water partition coefficient (Wildman–Crippen LogP) is 2.96. The molecule has 0 bridgehead atoms. The highest BCUT2D eigenvalue weighted by Gasteiger charge is 2.16. The Kier molecular flexibility index (Phi) is 4.82. The van der Waals surface area contributed by atoms with Crippen molar-refractivity contribution in [3.05, 3.63) is 64.0 Å². The number of phenolic OH excluding ortho intramolecular Hbond substituents is 1.